The fraction of sp³-hybridized carbons (Fsp3) is 0.381. The smallest absolute Gasteiger partial charge is 0.260 e. The van der Waals surface area contributed by atoms with E-state index in [1.54, 1.807) is 36.3 Å². The van der Waals surface area contributed by atoms with Crippen LogP contribution in [0.15, 0.2) is 48.5 Å². The predicted octanol–water partition coefficient (Wildman–Crippen LogP) is 2.82. The summed E-state index contributed by atoms with van der Waals surface area (Å²) in [5.74, 6) is 0.325. The third-order valence-corrected chi connectivity index (χ3v) is 5.59. The number of methoxy groups -OCH3 is 1. The van der Waals surface area contributed by atoms with E-state index in [4.69, 9.17) is 9.47 Å². The number of carbonyl (C=O) groups excluding carboxylic acids is 1. The number of nitrogens with zero attached hydrogens (tertiary/aromatic N) is 1. The highest BCUT2D eigenvalue weighted by atomic mass is 16.5. The monoisotopic (exact) mass is 353 g/mol. The molecular formula is C21H23NO4. The van der Waals surface area contributed by atoms with Gasteiger partial charge in [0.2, 0.25) is 0 Å². The van der Waals surface area contributed by atoms with Crippen molar-refractivity contribution in [1.29, 1.82) is 0 Å². The molecule has 1 amide bonds. The molecule has 0 bridgehead atoms. The van der Waals surface area contributed by atoms with Gasteiger partial charge in [-0.25, -0.2) is 0 Å². The molecule has 2 aromatic carbocycles. The van der Waals surface area contributed by atoms with Crippen molar-refractivity contribution in [1.82, 2.24) is 0 Å². The number of aliphatic hydroxyl groups excluding tert-OH is 1. The Bertz CT molecular complexity index is 813. The highest BCUT2D eigenvalue weighted by molar-refractivity contribution is 5.99. The second-order valence-electron chi connectivity index (χ2n) is 7.01. The zero-order valence-corrected chi connectivity index (χ0v) is 14.9. The highest BCUT2D eigenvalue weighted by Gasteiger charge is 2.46. The number of hydrogen-bond acceptors (Lipinski definition) is 4. The van der Waals surface area contributed by atoms with Gasteiger partial charge in [-0.1, -0.05) is 30.3 Å². The molecule has 5 nitrogen and oxygen atoms in total. The van der Waals surface area contributed by atoms with E-state index in [1.807, 2.05) is 18.2 Å². The van der Waals surface area contributed by atoms with E-state index in [1.165, 1.54) is 5.56 Å². The van der Waals surface area contributed by atoms with Crippen molar-refractivity contribution < 1.29 is 19.4 Å². The lowest BCUT2D eigenvalue weighted by Crippen LogP contribution is -2.42. The predicted molar refractivity (Wildman–Crippen MR) is 98.5 cm³/mol. The van der Waals surface area contributed by atoms with E-state index < -0.39 is 6.10 Å². The maximum Gasteiger partial charge on any atom is 0.260 e. The van der Waals surface area contributed by atoms with Crippen LogP contribution < -0.4 is 9.64 Å². The molecule has 1 N–H and O–H groups in total. The Balaban J connectivity index is 1.66. The van der Waals surface area contributed by atoms with Crippen LogP contribution in [-0.4, -0.2) is 37.9 Å². The Morgan fingerprint density at radius 3 is 2.73 bits per heavy atom. The lowest BCUT2D eigenvalue weighted by molar-refractivity contribution is -0.127. The lowest BCUT2D eigenvalue weighted by Gasteiger charge is -2.34. The van der Waals surface area contributed by atoms with Crippen molar-refractivity contribution >= 4 is 11.6 Å². The quantitative estimate of drug-likeness (QED) is 0.922. The molecule has 0 radical (unpaired) electrons. The van der Waals surface area contributed by atoms with E-state index >= 15 is 0 Å². The maximum atomic E-state index is 13.1. The van der Waals surface area contributed by atoms with Crippen LogP contribution in [0, 0.1) is 0 Å². The van der Waals surface area contributed by atoms with Gasteiger partial charge in [0.15, 0.2) is 6.10 Å². The van der Waals surface area contributed by atoms with E-state index in [0.717, 1.165) is 18.5 Å². The summed E-state index contributed by atoms with van der Waals surface area (Å²) in [5.41, 5.74) is 2.56. The summed E-state index contributed by atoms with van der Waals surface area (Å²) in [6.45, 7) is 2.00. The molecule has 2 aromatic rings. The molecule has 2 aliphatic heterocycles. The molecule has 136 valence electrons. The van der Waals surface area contributed by atoms with Crippen LogP contribution in [0.1, 0.15) is 30.1 Å². The van der Waals surface area contributed by atoms with Gasteiger partial charge in [-0.15, -0.1) is 0 Å². The van der Waals surface area contributed by atoms with Crippen molar-refractivity contribution in [3.8, 4) is 5.75 Å². The third-order valence-electron chi connectivity index (χ3n) is 5.59. The van der Waals surface area contributed by atoms with Crippen molar-refractivity contribution in [2.45, 2.75) is 24.4 Å². The van der Waals surface area contributed by atoms with E-state index in [-0.39, 0.29) is 11.3 Å². The van der Waals surface area contributed by atoms with Crippen molar-refractivity contribution in [3.63, 3.8) is 0 Å². The molecule has 2 heterocycles. The van der Waals surface area contributed by atoms with Gasteiger partial charge in [0.05, 0.1) is 7.11 Å². The van der Waals surface area contributed by atoms with Crippen LogP contribution in [-0.2, 0) is 14.9 Å². The Labute approximate surface area is 153 Å². The number of carbonyl (C=O) groups is 1. The van der Waals surface area contributed by atoms with Gasteiger partial charge < -0.3 is 19.5 Å². The molecule has 1 fully saturated rings. The second-order valence-corrected chi connectivity index (χ2v) is 7.01. The summed E-state index contributed by atoms with van der Waals surface area (Å²) >= 11 is 0. The number of fused-ring (bicyclic) bond motifs is 2. The van der Waals surface area contributed by atoms with Gasteiger partial charge in [-0.05, 0) is 42.2 Å². The minimum atomic E-state index is -1.21. The summed E-state index contributed by atoms with van der Waals surface area (Å²) in [6, 6.07) is 15.1. The molecule has 26 heavy (non-hydrogen) atoms. The Kier molecular flexibility index (Phi) is 4.42. The molecule has 2 aliphatic rings. The first-order valence-corrected chi connectivity index (χ1v) is 8.95. The average Bonchev–Trinajstić information content (AvgIpc) is 3.01. The molecule has 1 unspecified atom stereocenters. The van der Waals surface area contributed by atoms with E-state index in [0.29, 0.717) is 31.1 Å². The van der Waals surface area contributed by atoms with Crippen molar-refractivity contribution in [2.24, 2.45) is 0 Å². The minimum Gasteiger partial charge on any atom is -0.497 e. The number of para-hydroxylation sites is 1. The number of aliphatic hydroxyl groups is 1. The van der Waals surface area contributed by atoms with Gasteiger partial charge in [-0.2, -0.15) is 0 Å². The molecule has 4 rings (SSSR count). The standard InChI is InChI=1S/C21H23NO4/c1-25-16-6-4-5-15(13-16)19(23)20(24)22-14-21(9-11-26-12-10-21)17-7-2-3-8-18(17)22/h2-8,13,19,23H,9-12,14H2,1H3. The van der Waals surface area contributed by atoms with Crippen LogP contribution in [0.2, 0.25) is 0 Å². The first-order chi connectivity index (χ1) is 12.6. The molecule has 5 heteroatoms. The lowest BCUT2D eigenvalue weighted by atomic mass is 9.76. The van der Waals surface area contributed by atoms with Crippen LogP contribution >= 0.6 is 0 Å². The van der Waals surface area contributed by atoms with E-state index in [9.17, 15) is 9.90 Å². The van der Waals surface area contributed by atoms with Crippen LogP contribution in [0.5, 0.6) is 5.75 Å². The number of benzene rings is 2. The molecule has 1 atom stereocenters. The van der Waals surface area contributed by atoms with Gasteiger partial charge in [0, 0.05) is 30.9 Å². The first kappa shape index (κ1) is 17.1. The van der Waals surface area contributed by atoms with Gasteiger partial charge in [-0.3, -0.25) is 4.79 Å². The maximum absolute atomic E-state index is 13.1. The zero-order chi connectivity index (χ0) is 18.1. The first-order valence-electron chi connectivity index (χ1n) is 8.95. The fourth-order valence-electron chi connectivity index (χ4n) is 4.12. The topological polar surface area (TPSA) is 59.0 Å². The molecule has 0 aliphatic carbocycles. The number of amides is 1. The number of hydrogen-bond donors (Lipinski definition) is 1. The molecular weight excluding hydrogens is 330 g/mol. The number of anilines is 1. The SMILES string of the molecule is COc1cccc(C(O)C(=O)N2CC3(CCOCC3)c3ccccc32)c1. The Morgan fingerprint density at radius 2 is 1.96 bits per heavy atom. The normalized spacial score (nSPS) is 19.2. The zero-order valence-electron chi connectivity index (χ0n) is 14.9. The van der Waals surface area contributed by atoms with Crippen LogP contribution in [0.25, 0.3) is 0 Å². The van der Waals surface area contributed by atoms with Gasteiger partial charge in [0.1, 0.15) is 5.75 Å². The fourth-order valence-corrected chi connectivity index (χ4v) is 4.12. The Morgan fingerprint density at radius 1 is 1.19 bits per heavy atom. The summed E-state index contributed by atoms with van der Waals surface area (Å²) in [7, 11) is 1.57. The van der Waals surface area contributed by atoms with Crippen LogP contribution in [0.4, 0.5) is 5.69 Å². The summed E-state index contributed by atoms with van der Waals surface area (Å²) < 4.78 is 10.7. The molecule has 1 spiro atoms. The number of ether oxygens (including phenoxy) is 2. The van der Waals surface area contributed by atoms with Crippen molar-refractivity contribution in [3.05, 3.63) is 59.7 Å². The summed E-state index contributed by atoms with van der Waals surface area (Å²) in [5, 5.41) is 10.7. The number of rotatable bonds is 3. The summed E-state index contributed by atoms with van der Waals surface area (Å²) in [6.07, 6.45) is 0.569. The average molecular weight is 353 g/mol. The molecule has 0 saturated carbocycles. The van der Waals surface area contributed by atoms with Gasteiger partial charge >= 0.3 is 0 Å². The highest BCUT2D eigenvalue weighted by Crippen LogP contribution is 2.47. The van der Waals surface area contributed by atoms with Crippen molar-refractivity contribution in [2.75, 3.05) is 31.8 Å². The van der Waals surface area contributed by atoms with Gasteiger partial charge in [0.25, 0.3) is 5.91 Å². The summed E-state index contributed by atoms with van der Waals surface area (Å²) in [4.78, 5) is 14.9. The largest absolute Gasteiger partial charge is 0.497 e. The van der Waals surface area contributed by atoms with E-state index in [2.05, 4.69) is 6.07 Å². The molecule has 1 saturated heterocycles. The van der Waals surface area contributed by atoms with Crippen LogP contribution in [0.3, 0.4) is 0 Å². The third kappa shape index (κ3) is 2.77. The molecule has 0 aromatic heterocycles. The second kappa shape index (κ2) is 6.74. The Hall–Kier alpha value is -2.37. The minimum absolute atomic E-state index is 0.0708.